The van der Waals surface area contributed by atoms with Gasteiger partial charge in [0.2, 0.25) is 0 Å². The van der Waals surface area contributed by atoms with Gasteiger partial charge in [0, 0.05) is 25.5 Å². The van der Waals surface area contributed by atoms with Crippen molar-refractivity contribution < 1.29 is 57.3 Å². The summed E-state index contributed by atoms with van der Waals surface area (Å²) in [4.78, 5) is 55.0. The smallest absolute Gasteiger partial charge is 0.457 e. The number of carbonyl (C=O) groups excluding carboxylic acids is 5. The van der Waals surface area contributed by atoms with E-state index in [2.05, 4.69) is 78.8 Å². The number of para-hydroxylation sites is 6. The second-order valence-corrected chi connectivity index (χ2v) is 20.9. The van der Waals surface area contributed by atoms with Crippen LogP contribution in [0.2, 0.25) is 0 Å². The van der Waals surface area contributed by atoms with Crippen molar-refractivity contribution in [3.63, 3.8) is 0 Å². The molecule has 10 N–H and O–H groups in total. The van der Waals surface area contributed by atoms with Gasteiger partial charge in [-0.05, 0) is 111 Å². The van der Waals surface area contributed by atoms with Gasteiger partial charge in [-0.3, -0.25) is 14.4 Å². The minimum absolute atomic E-state index is 0.0150. The minimum atomic E-state index is -1.48. The zero-order chi connectivity index (χ0) is 60.0. The molecule has 5 aliphatic rings. The van der Waals surface area contributed by atoms with Gasteiger partial charge < -0.3 is 66.0 Å². The summed E-state index contributed by atoms with van der Waals surface area (Å²) in [6.07, 6.45) is 0.796. The molecule has 0 spiro atoms. The molecule has 84 heavy (non-hydrogen) atoms. The van der Waals surface area contributed by atoms with Gasteiger partial charge in [0.15, 0.2) is 12.4 Å². The highest BCUT2D eigenvalue weighted by Crippen LogP contribution is 2.42. The average molecular weight is 1260 g/mol. The number of halogens is 2. The summed E-state index contributed by atoms with van der Waals surface area (Å²) in [5, 5.41) is 38.7. The number of carbonyl (C=O) groups is 5. The number of cyclic esters (lactones) is 3. The normalized spacial score (nSPS) is 15.8. The second-order valence-electron chi connectivity index (χ2n) is 19.1. The molecule has 8 aromatic rings. The summed E-state index contributed by atoms with van der Waals surface area (Å²) in [5.74, 6) is 0.140. The summed E-state index contributed by atoms with van der Waals surface area (Å²) < 4.78 is 26.8. The van der Waals surface area contributed by atoms with Crippen molar-refractivity contribution >= 4 is 109 Å². The van der Waals surface area contributed by atoms with Crippen molar-refractivity contribution in [3.8, 4) is 11.1 Å². The topological polar surface area (TPSA) is 306 Å². The Bertz CT molecular complexity index is 3730. The summed E-state index contributed by atoms with van der Waals surface area (Å²) in [7, 11) is -1.48. The molecule has 0 bridgehead atoms. The van der Waals surface area contributed by atoms with E-state index in [1.807, 2.05) is 129 Å². The molecule has 5 aliphatic heterocycles. The van der Waals surface area contributed by atoms with Crippen LogP contribution in [0.15, 0.2) is 186 Å². The number of anilines is 6. The van der Waals surface area contributed by atoms with E-state index in [-0.39, 0.29) is 56.0 Å². The second kappa shape index (κ2) is 28.1. The molecule has 7 heterocycles. The number of rotatable bonds is 5. The van der Waals surface area contributed by atoms with Crippen LogP contribution in [0.25, 0.3) is 11.1 Å². The van der Waals surface area contributed by atoms with Crippen LogP contribution in [-0.2, 0) is 33.4 Å². The molecule has 0 aliphatic carbocycles. The van der Waals surface area contributed by atoms with Crippen LogP contribution in [0, 0.1) is 27.7 Å². The Morgan fingerprint density at radius 3 is 1.46 bits per heavy atom. The van der Waals surface area contributed by atoms with E-state index in [1.54, 1.807) is 38.1 Å². The van der Waals surface area contributed by atoms with Gasteiger partial charge in [-0.15, -0.1) is 0 Å². The van der Waals surface area contributed by atoms with Crippen LogP contribution in [-0.4, -0.2) is 77.3 Å². The molecule has 6 aromatic carbocycles. The summed E-state index contributed by atoms with van der Waals surface area (Å²) in [6.45, 7) is 7.65. The number of aromatic nitrogens is 2. The molecular formula is C61H57BBr2N8O12. The molecule has 23 heteroatoms. The molecule has 1 fully saturated rings. The Hall–Kier alpha value is -9.29. The van der Waals surface area contributed by atoms with Gasteiger partial charge in [-0.1, -0.05) is 121 Å². The average Bonchev–Trinajstić information content (AvgIpc) is 4.11. The number of benzene rings is 6. The highest BCUT2D eigenvalue weighted by atomic mass is 79.9. The zero-order valence-corrected chi connectivity index (χ0v) is 48.9. The number of nitrogen functional groups attached to an aromatic ring is 2. The molecule has 2 aromatic heterocycles. The highest BCUT2D eigenvalue weighted by Gasteiger charge is 2.37. The maximum atomic E-state index is 12.5. The highest BCUT2D eigenvalue weighted by molar-refractivity contribution is 9.10. The standard InChI is InChI=1S/C22H19N3O3.C17H13BrN2O2.C7H5BrO.C6H8N2.C5H8BNO3.C4H4O3/c1-12-19(13(2)28-25-12)14-6-5-7-15(10-14)21-20-18(11-27-22(20)26)23-16-8-3-4-9-17(16)24-21;18-11-5-3-4-10(8-11)16-15-14(9-22-17(15)21)19-12-6-1-2-7-13(12)20-16;8-7-3-1-2-6(4-7)5-9;7-5-3-1-2-4-6(5)8;1-3-5(6(8)9)4(2)10-7-3;5-3-1-4(6)7-2-3/h3-10,21,23-24H,11H2,1-2H3;1-8,16,19-20H,9H2;1-5H;1-4H,7-8H2;8-9H,1-2H3;1-2H2. The summed E-state index contributed by atoms with van der Waals surface area (Å²) in [5.41, 5.74) is 25.2. The van der Waals surface area contributed by atoms with Crippen molar-refractivity contribution in [3.05, 3.63) is 217 Å². The third-order valence-electron chi connectivity index (χ3n) is 13.2. The third kappa shape index (κ3) is 15.2. The van der Waals surface area contributed by atoms with Crippen molar-refractivity contribution in [2.45, 2.75) is 46.2 Å². The minimum Gasteiger partial charge on any atom is -0.457 e. The monoisotopic (exact) mass is 1260 g/mol. The lowest BCUT2D eigenvalue weighted by Crippen LogP contribution is -2.32. The van der Waals surface area contributed by atoms with Crippen LogP contribution in [0.1, 0.15) is 62.9 Å². The molecule has 1 saturated heterocycles. The van der Waals surface area contributed by atoms with Crippen molar-refractivity contribution in [1.82, 2.24) is 10.3 Å². The number of aryl methyl sites for hydroxylation is 4. The molecule has 0 saturated carbocycles. The molecule has 0 amide bonds. The number of ketones is 1. The van der Waals surface area contributed by atoms with E-state index in [0.717, 1.165) is 83.1 Å². The fraction of sp³-hybridized carbons (Fsp3) is 0.164. The number of nitrogens with zero attached hydrogens (tertiary/aromatic N) is 2. The van der Waals surface area contributed by atoms with Crippen LogP contribution in [0.4, 0.5) is 34.1 Å². The number of hydrogen-bond acceptors (Lipinski definition) is 20. The molecule has 2 unspecified atom stereocenters. The number of Topliss-reactive ketones (excluding diaryl/α,β-unsaturated/α-hetero) is 1. The quantitative estimate of drug-likeness (QED) is 0.0198. The zero-order valence-electron chi connectivity index (χ0n) is 45.8. The van der Waals surface area contributed by atoms with E-state index in [0.29, 0.717) is 45.0 Å². The number of nitrogens with two attached hydrogens (primary N) is 2. The molecular weight excluding hydrogens is 1210 g/mol. The van der Waals surface area contributed by atoms with Crippen molar-refractivity contribution in [1.29, 1.82) is 0 Å². The lowest BCUT2D eigenvalue weighted by atomic mass is 9.79. The number of esters is 3. The van der Waals surface area contributed by atoms with Crippen LogP contribution in [0.5, 0.6) is 0 Å². The predicted octanol–water partition coefficient (Wildman–Crippen LogP) is 9.77. The van der Waals surface area contributed by atoms with Gasteiger partial charge in [0.05, 0.1) is 80.1 Å². The number of hydrogen-bond donors (Lipinski definition) is 8. The first-order chi connectivity index (χ1) is 40.4. The van der Waals surface area contributed by atoms with Gasteiger partial charge in [0.25, 0.3) is 0 Å². The van der Waals surface area contributed by atoms with Crippen LogP contribution in [0.3, 0.4) is 0 Å². The number of fused-ring (bicyclic) bond motifs is 2. The Labute approximate surface area is 500 Å². The Morgan fingerprint density at radius 2 is 1.06 bits per heavy atom. The molecule has 13 rings (SSSR count). The number of nitrogens with one attached hydrogen (secondary N) is 4. The van der Waals surface area contributed by atoms with E-state index in [4.69, 9.17) is 35.5 Å². The van der Waals surface area contributed by atoms with Gasteiger partial charge in [0.1, 0.15) is 37.4 Å². The SMILES string of the molecule is Cc1noc(C)c1-c1cccc(C2Nc3ccccc3NC3=C2C(=O)OC3)c1.Cc1noc(C)c1B(O)O.Nc1ccccc1N.O=C1COC(=O)C1.O=C1OCC2=C1C(c1cccc(Br)c1)Nc1ccccc1N2.O=Cc1cccc(Br)c1. The third-order valence-corrected chi connectivity index (χ3v) is 14.2. The van der Waals surface area contributed by atoms with Gasteiger partial charge in [-0.2, -0.15) is 0 Å². The lowest BCUT2D eigenvalue weighted by Gasteiger charge is -2.20. The van der Waals surface area contributed by atoms with Crippen molar-refractivity contribution in [2.24, 2.45) is 0 Å². The van der Waals surface area contributed by atoms with E-state index < -0.39 is 13.1 Å². The maximum absolute atomic E-state index is 12.5. The van der Waals surface area contributed by atoms with E-state index in [9.17, 15) is 24.0 Å². The molecule has 20 nitrogen and oxygen atoms in total. The van der Waals surface area contributed by atoms with Crippen LogP contribution >= 0.6 is 31.9 Å². The molecule has 430 valence electrons. The Balaban J connectivity index is 0.000000144. The summed E-state index contributed by atoms with van der Waals surface area (Å²) in [6, 6.07) is 45.8. The maximum Gasteiger partial charge on any atom is 0.494 e. The van der Waals surface area contributed by atoms with Crippen LogP contribution < -0.4 is 38.2 Å². The fourth-order valence-corrected chi connectivity index (χ4v) is 10.0. The van der Waals surface area contributed by atoms with E-state index in [1.165, 1.54) is 0 Å². The lowest BCUT2D eigenvalue weighted by molar-refractivity contribution is -0.138. The number of ether oxygens (including phenoxy) is 3. The Morgan fingerprint density at radius 1 is 0.571 bits per heavy atom. The van der Waals surface area contributed by atoms with Gasteiger partial charge >= 0.3 is 25.0 Å². The van der Waals surface area contributed by atoms with E-state index >= 15 is 0 Å². The number of aldehydes is 1. The molecule has 0 radical (unpaired) electrons. The van der Waals surface area contributed by atoms with Crippen molar-refractivity contribution in [2.75, 3.05) is 52.6 Å². The first kappa shape index (κ1) is 60.8. The summed E-state index contributed by atoms with van der Waals surface area (Å²) >= 11 is 6.74. The predicted molar refractivity (Wildman–Crippen MR) is 326 cm³/mol. The Kier molecular flexibility index (Phi) is 20.4. The van der Waals surface area contributed by atoms with Gasteiger partial charge in [-0.25, -0.2) is 9.59 Å². The largest absolute Gasteiger partial charge is 0.494 e. The first-order valence-electron chi connectivity index (χ1n) is 26.0. The molecule has 2 atom stereocenters. The fourth-order valence-electron chi connectivity index (χ4n) is 9.17. The first-order valence-corrected chi connectivity index (χ1v) is 27.6.